The predicted molar refractivity (Wildman–Crippen MR) is 263 cm³/mol. The largest absolute Gasteiger partial charge is 0.310 e. The Balaban J connectivity index is 1.15. The first-order valence-corrected chi connectivity index (χ1v) is 20.6. The average molecular weight is 774 g/mol. The maximum Gasteiger partial charge on any atom is 0.0465 e. The van der Waals surface area contributed by atoms with Crippen LogP contribution < -0.4 is 4.90 Å². The summed E-state index contributed by atoms with van der Waals surface area (Å²) >= 11 is 0. The Bertz CT molecular complexity index is 2820. The zero-order valence-electron chi connectivity index (χ0n) is 35.2. The Morgan fingerprint density at radius 2 is 0.983 bits per heavy atom. The van der Waals surface area contributed by atoms with Gasteiger partial charge in [-0.05, 0) is 146 Å². The Kier molecular flexibility index (Phi) is 10.9. The lowest BCUT2D eigenvalue weighted by Crippen LogP contribution is -2.16. The fourth-order valence-electron chi connectivity index (χ4n) is 8.57. The molecule has 1 aliphatic carbocycles. The number of nitrogens with zero attached hydrogens (tertiary/aromatic N) is 1. The lowest BCUT2D eigenvalue weighted by molar-refractivity contribution is 0.660. The summed E-state index contributed by atoms with van der Waals surface area (Å²) in [6.07, 6.45) is 11.8. The molecule has 0 aliphatic heterocycles. The number of fused-ring (bicyclic) bond motifs is 3. The zero-order chi connectivity index (χ0) is 42.0. The maximum absolute atomic E-state index is 4.08. The van der Waals surface area contributed by atoms with Crippen molar-refractivity contribution in [1.29, 1.82) is 0 Å². The smallest absolute Gasteiger partial charge is 0.0465 e. The van der Waals surface area contributed by atoms with Crippen molar-refractivity contribution < 1.29 is 0 Å². The molecule has 0 amide bonds. The molecule has 0 N–H and O–H groups in total. The minimum Gasteiger partial charge on any atom is -0.310 e. The molecule has 1 aliphatic rings. The van der Waals surface area contributed by atoms with Crippen LogP contribution in [0, 0.1) is 0 Å². The lowest BCUT2D eigenvalue weighted by Gasteiger charge is -2.28. The van der Waals surface area contributed by atoms with Crippen LogP contribution in [0.2, 0.25) is 0 Å². The predicted octanol–water partition coefficient (Wildman–Crippen LogP) is 16.9. The normalized spacial score (nSPS) is 12.8. The molecule has 0 unspecified atom stereocenters. The van der Waals surface area contributed by atoms with Crippen LogP contribution in [0.25, 0.3) is 67.8 Å². The van der Waals surface area contributed by atoms with Crippen LogP contribution in [-0.2, 0) is 5.41 Å². The molecular weight excluding hydrogens is 723 g/mol. The third kappa shape index (κ3) is 7.47. The molecule has 1 heteroatoms. The molecule has 60 heavy (non-hydrogen) atoms. The molecule has 0 spiro atoms. The number of benzene rings is 7. The van der Waals surface area contributed by atoms with E-state index in [-0.39, 0.29) is 5.41 Å². The lowest BCUT2D eigenvalue weighted by atomic mass is 9.81. The van der Waals surface area contributed by atoms with Gasteiger partial charge in [0, 0.05) is 22.5 Å². The molecule has 0 atom stereocenters. The maximum atomic E-state index is 4.08. The molecular formula is C59H51N. The quantitative estimate of drug-likeness (QED) is 0.112. The van der Waals surface area contributed by atoms with Crippen molar-refractivity contribution in [2.24, 2.45) is 0 Å². The van der Waals surface area contributed by atoms with Gasteiger partial charge >= 0.3 is 0 Å². The van der Waals surface area contributed by atoms with Crippen LogP contribution in [0.15, 0.2) is 202 Å². The van der Waals surface area contributed by atoms with Gasteiger partial charge in [0.15, 0.2) is 0 Å². The molecule has 0 aromatic heterocycles. The van der Waals surface area contributed by atoms with E-state index in [1.165, 1.54) is 66.8 Å². The van der Waals surface area contributed by atoms with E-state index in [0.29, 0.717) is 0 Å². The highest BCUT2D eigenvalue weighted by molar-refractivity contribution is 5.88. The first-order valence-electron chi connectivity index (χ1n) is 20.6. The Morgan fingerprint density at radius 3 is 1.53 bits per heavy atom. The van der Waals surface area contributed by atoms with Gasteiger partial charge in [-0.3, -0.25) is 0 Å². The van der Waals surface area contributed by atoms with E-state index < -0.39 is 0 Å². The van der Waals surface area contributed by atoms with Gasteiger partial charge in [0.1, 0.15) is 0 Å². The van der Waals surface area contributed by atoms with Gasteiger partial charge in [-0.2, -0.15) is 0 Å². The van der Waals surface area contributed by atoms with E-state index in [4.69, 9.17) is 0 Å². The van der Waals surface area contributed by atoms with E-state index >= 15 is 0 Å². The second-order valence-electron chi connectivity index (χ2n) is 16.1. The van der Waals surface area contributed by atoms with Crippen LogP contribution in [0.4, 0.5) is 17.1 Å². The highest BCUT2D eigenvalue weighted by Crippen LogP contribution is 2.52. The van der Waals surface area contributed by atoms with E-state index in [0.717, 1.165) is 39.3 Å². The third-order valence-corrected chi connectivity index (χ3v) is 11.9. The highest BCUT2D eigenvalue weighted by Gasteiger charge is 2.36. The van der Waals surface area contributed by atoms with E-state index in [1.54, 1.807) is 6.08 Å². The first kappa shape index (κ1) is 39.6. The molecule has 0 radical (unpaired) electrons. The van der Waals surface area contributed by atoms with Gasteiger partial charge in [-0.25, -0.2) is 0 Å². The minimum absolute atomic E-state index is 0.212. The van der Waals surface area contributed by atoms with Crippen molar-refractivity contribution in [2.75, 3.05) is 4.90 Å². The molecule has 7 aromatic carbocycles. The monoisotopic (exact) mass is 773 g/mol. The summed E-state index contributed by atoms with van der Waals surface area (Å²) in [5.41, 5.74) is 22.1. The second kappa shape index (κ2) is 16.6. The topological polar surface area (TPSA) is 3.24 Å². The SMILES string of the molecule is C=C/C=C(\C=C)c1ccc(N(c2ccc(-c3ccc(-c4ccc(C(=C)C)cc4)cc3)cc2)c2ccc3c(c2)C(C)(C)c2cc(-c4ccc(C=C)c(/C=C\C)c4)ccc2-3)cc1. The van der Waals surface area contributed by atoms with Crippen molar-refractivity contribution in [3.63, 3.8) is 0 Å². The van der Waals surface area contributed by atoms with Crippen molar-refractivity contribution in [1.82, 2.24) is 0 Å². The molecule has 292 valence electrons. The molecule has 0 heterocycles. The Hall–Kier alpha value is -7.22. The van der Waals surface area contributed by atoms with E-state index in [2.05, 4.69) is 216 Å². The number of allylic oxidation sites excluding steroid dienone is 6. The molecule has 0 saturated carbocycles. The minimum atomic E-state index is -0.212. The first-order chi connectivity index (χ1) is 29.1. The summed E-state index contributed by atoms with van der Waals surface area (Å²) in [6, 6.07) is 55.7. The number of hydrogen-bond acceptors (Lipinski definition) is 1. The summed E-state index contributed by atoms with van der Waals surface area (Å²) in [5, 5.41) is 0. The molecule has 0 saturated heterocycles. The van der Waals surface area contributed by atoms with Crippen molar-refractivity contribution in [3.8, 4) is 44.5 Å². The zero-order valence-corrected chi connectivity index (χ0v) is 35.2. The number of anilines is 3. The van der Waals surface area contributed by atoms with Crippen LogP contribution >= 0.6 is 0 Å². The van der Waals surface area contributed by atoms with Crippen LogP contribution in [0.3, 0.4) is 0 Å². The van der Waals surface area contributed by atoms with Gasteiger partial charge in [0.25, 0.3) is 0 Å². The highest BCUT2D eigenvalue weighted by atomic mass is 15.1. The Labute approximate surface area is 357 Å². The van der Waals surface area contributed by atoms with Crippen LogP contribution in [0.5, 0.6) is 0 Å². The summed E-state index contributed by atoms with van der Waals surface area (Å²) in [4.78, 5) is 2.37. The third-order valence-electron chi connectivity index (χ3n) is 11.9. The van der Waals surface area contributed by atoms with Gasteiger partial charge < -0.3 is 4.90 Å². The number of rotatable bonds is 12. The van der Waals surface area contributed by atoms with Gasteiger partial charge in [-0.15, -0.1) is 0 Å². The summed E-state index contributed by atoms with van der Waals surface area (Å²) in [5.74, 6) is 0. The van der Waals surface area contributed by atoms with Gasteiger partial charge in [0.05, 0.1) is 0 Å². The molecule has 1 nitrogen and oxygen atoms in total. The fourth-order valence-corrected chi connectivity index (χ4v) is 8.57. The van der Waals surface area contributed by atoms with Crippen LogP contribution in [-0.4, -0.2) is 0 Å². The summed E-state index contributed by atoms with van der Waals surface area (Å²) in [7, 11) is 0. The average Bonchev–Trinajstić information content (AvgIpc) is 3.51. The van der Waals surface area contributed by atoms with Gasteiger partial charge in [0.2, 0.25) is 0 Å². The van der Waals surface area contributed by atoms with E-state index in [9.17, 15) is 0 Å². The van der Waals surface area contributed by atoms with Crippen molar-refractivity contribution >= 4 is 40.4 Å². The van der Waals surface area contributed by atoms with Crippen LogP contribution in [0.1, 0.15) is 61.1 Å². The molecule has 7 aromatic rings. The molecule has 0 bridgehead atoms. The second-order valence-corrected chi connectivity index (χ2v) is 16.1. The summed E-state index contributed by atoms with van der Waals surface area (Å²) in [6.45, 7) is 24.9. The van der Waals surface area contributed by atoms with E-state index in [1.807, 2.05) is 25.2 Å². The Morgan fingerprint density at radius 1 is 0.517 bits per heavy atom. The molecule has 8 rings (SSSR count). The summed E-state index contributed by atoms with van der Waals surface area (Å²) < 4.78 is 0. The van der Waals surface area contributed by atoms with Gasteiger partial charge in [-0.1, -0.05) is 185 Å². The van der Waals surface area contributed by atoms with Crippen molar-refractivity contribution in [3.05, 3.63) is 236 Å². The van der Waals surface area contributed by atoms with Crippen molar-refractivity contribution in [2.45, 2.75) is 33.1 Å². The number of hydrogen-bond donors (Lipinski definition) is 0. The fraction of sp³-hybridized carbons (Fsp3) is 0.0847. The standard InChI is InChI=1S/C59H51N/c1-9-13-41(11-3)44-25-30-52(31-26-44)60(53-32-27-48(28-33-53)47-22-20-46(21-23-47)45-18-16-43(17-19-45)40(5)6)54-34-36-56-55-35-29-51(38-57(55)59(7,8)58(56)39-54)50-24-15-42(12-4)49(37-50)14-10-2/h9-39H,1,3-5H2,2,6-8H3/b14-10-,41-13+. The molecule has 0 fully saturated rings.